The van der Waals surface area contributed by atoms with Crippen molar-refractivity contribution in [3.63, 3.8) is 0 Å². The maximum absolute atomic E-state index is 11.2. The van der Waals surface area contributed by atoms with Crippen LogP contribution < -0.4 is 11.1 Å². The second-order valence-electron chi connectivity index (χ2n) is 3.64. The molecule has 1 amide bonds. The number of rotatable bonds is 4. The summed E-state index contributed by atoms with van der Waals surface area (Å²) in [7, 11) is 0. The van der Waals surface area contributed by atoms with Crippen LogP contribution in [0.5, 0.6) is 0 Å². The molecule has 3 nitrogen and oxygen atoms in total. The van der Waals surface area contributed by atoms with E-state index in [1.807, 2.05) is 38.1 Å². The van der Waals surface area contributed by atoms with E-state index in [1.54, 1.807) is 0 Å². The molecule has 3 N–H and O–H groups in total. The van der Waals surface area contributed by atoms with E-state index < -0.39 is 0 Å². The molecule has 0 radical (unpaired) electrons. The van der Waals surface area contributed by atoms with Crippen molar-refractivity contribution in [3.8, 4) is 0 Å². The molecule has 0 heterocycles. The van der Waals surface area contributed by atoms with Gasteiger partial charge in [-0.3, -0.25) is 4.79 Å². The lowest BCUT2D eigenvalue weighted by Gasteiger charge is -2.17. The van der Waals surface area contributed by atoms with Crippen molar-refractivity contribution in [2.75, 3.05) is 6.54 Å². The minimum absolute atomic E-state index is 0. The van der Waals surface area contributed by atoms with Crippen LogP contribution in [-0.2, 0) is 4.79 Å². The van der Waals surface area contributed by atoms with E-state index in [0.717, 1.165) is 12.0 Å². The number of aryl methyl sites for hydroxylation is 1. The molecule has 1 atom stereocenters. The van der Waals surface area contributed by atoms with Crippen molar-refractivity contribution in [1.82, 2.24) is 5.32 Å². The standard InChI is InChI=1S/C12H18N2O.ClH/c1-3-11(14-12(15)8-13)10-6-4-9(2)5-7-10;/h4-7,11H,3,8,13H2,1-2H3,(H,14,15);1H. The SMILES string of the molecule is CCC(NC(=O)CN)c1ccc(C)cc1.Cl. The molecule has 1 aromatic rings. The molecule has 0 saturated carbocycles. The zero-order valence-corrected chi connectivity index (χ0v) is 10.5. The smallest absolute Gasteiger partial charge is 0.234 e. The molecule has 0 saturated heterocycles. The summed E-state index contributed by atoms with van der Waals surface area (Å²) >= 11 is 0. The fourth-order valence-corrected chi connectivity index (χ4v) is 1.47. The average Bonchev–Trinajstić information content (AvgIpc) is 2.27. The molecule has 1 rings (SSSR count). The fraction of sp³-hybridized carbons (Fsp3) is 0.417. The number of hydrogen-bond donors (Lipinski definition) is 2. The van der Waals surface area contributed by atoms with Crippen molar-refractivity contribution in [1.29, 1.82) is 0 Å². The zero-order chi connectivity index (χ0) is 11.3. The molecular formula is C12H19ClN2O. The molecule has 0 aliphatic carbocycles. The third kappa shape index (κ3) is 4.21. The molecule has 90 valence electrons. The Morgan fingerprint density at radius 3 is 2.38 bits per heavy atom. The van der Waals surface area contributed by atoms with E-state index in [2.05, 4.69) is 5.32 Å². The van der Waals surface area contributed by atoms with E-state index in [4.69, 9.17) is 5.73 Å². The Bertz CT molecular complexity index is 324. The molecule has 0 spiro atoms. The molecule has 16 heavy (non-hydrogen) atoms. The minimum atomic E-state index is -0.109. The summed E-state index contributed by atoms with van der Waals surface area (Å²) in [6.45, 7) is 4.13. The van der Waals surface area contributed by atoms with Gasteiger partial charge in [0.25, 0.3) is 0 Å². The Labute approximate surface area is 103 Å². The zero-order valence-electron chi connectivity index (χ0n) is 9.69. The lowest BCUT2D eigenvalue weighted by atomic mass is 10.0. The number of carbonyl (C=O) groups excluding carboxylic acids is 1. The summed E-state index contributed by atoms with van der Waals surface area (Å²) in [5.41, 5.74) is 7.62. The van der Waals surface area contributed by atoms with Crippen LogP contribution in [0.3, 0.4) is 0 Å². The van der Waals surface area contributed by atoms with Gasteiger partial charge in [-0.05, 0) is 18.9 Å². The van der Waals surface area contributed by atoms with Gasteiger partial charge in [-0.2, -0.15) is 0 Å². The molecule has 0 aliphatic heterocycles. The van der Waals surface area contributed by atoms with Crippen LogP contribution in [0.2, 0.25) is 0 Å². The van der Waals surface area contributed by atoms with Gasteiger partial charge in [0.2, 0.25) is 5.91 Å². The van der Waals surface area contributed by atoms with E-state index in [9.17, 15) is 4.79 Å². The van der Waals surface area contributed by atoms with Gasteiger partial charge in [0.1, 0.15) is 0 Å². The maximum Gasteiger partial charge on any atom is 0.234 e. The maximum atomic E-state index is 11.2. The van der Waals surface area contributed by atoms with E-state index >= 15 is 0 Å². The van der Waals surface area contributed by atoms with Crippen LogP contribution in [-0.4, -0.2) is 12.5 Å². The Balaban J connectivity index is 0.00000225. The number of nitrogens with two attached hydrogens (primary N) is 1. The van der Waals surface area contributed by atoms with E-state index in [0.29, 0.717) is 0 Å². The second kappa shape index (κ2) is 7.25. The largest absolute Gasteiger partial charge is 0.348 e. The van der Waals surface area contributed by atoms with Gasteiger partial charge in [0.15, 0.2) is 0 Å². The monoisotopic (exact) mass is 242 g/mol. The first kappa shape index (κ1) is 14.9. The fourth-order valence-electron chi connectivity index (χ4n) is 1.47. The molecule has 0 bridgehead atoms. The van der Waals surface area contributed by atoms with Crippen molar-refractivity contribution < 1.29 is 4.79 Å². The number of hydrogen-bond acceptors (Lipinski definition) is 2. The van der Waals surface area contributed by atoms with Crippen LogP contribution in [0.15, 0.2) is 24.3 Å². The van der Waals surface area contributed by atoms with Gasteiger partial charge < -0.3 is 11.1 Å². The van der Waals surface area contributed by atoms with Gasteiger partial charge in [0, 0.05) is 0 Å². The topological polar surface area (TPSA) is 55.1 Å². The molecular weight excluding hydrogens is 224 g/mol. The normalized spacial score (nSPS) is 11.4. The number of amides is 1. The average molecular weight is 243 g/mol. The highest BCUT2D eigenvalue weighted by molar-refractivity contribution is 5.85. The lowest BCUT2D eigenvalue weighted by Crippen LogP contribution is -2.33. The third-order valence-electron chi connectivity index (χ3n) is 2.41. The predicted octanol–water partition coefficient (Wildman–Crippen LogP) is 1.94. The number of halogens is 1. The number of carbonyl (C=O) groups is 1. The quantitative estimate of drug-likeness (QED) is 0.848. The van der Waals surface area contributed by atoms with Gasteiger partial charge in [-0.25, -0.2) is 0 Å². The highest BCUT2D eigenvalue weighted by atomic mass is 35.5. The Morgan fingerprint density at radius 2 is 1.94 bits per heavy atom. The van der Waals surface area contributed by atoms with E-state index in [-0.39, 0.29) is 30.9 Å². The highest BCUT2D eigenvalue weighted by Crippen LogP contribution is 2.16. The first-order chi connectivity index (χ1) is 7.17. The Morgan fingerprint density at radius 1 is 1.38 bits per heavy atom. The van der Waals surface area contributed by atoms with Gasteiger partial charge in [-0.1, -0.05) is 36.8 Å². The number of nitrogens with one attached hydrogen (secondary N) is 1. The summed E-state index contributed by atoms with van der Waals surface area (Å²) in [4.78, 5) is 11.2. The molecule has 1 unspecified atom stereocenters. The third-order valence-corrected chi connectivity index (χ3v) is 2.41. The minimum Gasteiger partial charge on any atom is -0.348 e. The second-order valence-corrected chi connectivity index (χ2v) is 3.64. The van der Waals surface area contributed by atoms with Crippen LogP contribution in [0.1, 0.15) is 30.5 Å². The summed E-state index contributed by atoms with van der Waals surface area (Å²) in [6, 6.07) is 8.25. The van der Waals surface area contributed by atoms with Crippen LogP contribution in [0.4, 0.5) is 0 Å². The predicted molar refractivity (Wildman–Crippen MR) is 68.7 cm³/mol. The van der Waals surface area contributed by atoms with Crippen LogP contribution in [0.25, 0.3) is 0 Å². The van der Waals surface area contributed by atoms with Crippen LogP contribution >= 0.6 is 12.4 Å². The molecule has 0 fully saturated rings. The van der Waals surface area contributed by atoms with E-state index in [1.165, 1.54) is 5.56 Å². The highest BCUT2D eigenvalue weighted by Gasteiger charge is 2.10. The molecule has 4 heteroatoms. The first-order valence-corrected chi connectivity index (χ1v) is 5.23. The first-order valence-electron chi connectivity index (χ1n) is 5.23. The molecule has 0 aliphatic rings. The summed E-state index contributed by atoms with van der Waals surface area (Å²) < 4.78 is 0. The Kier molecular flexibility index (Phi) is 6.77. The number of benzene rings is 1. The molecule has 1 aromatic carbocycles. The summed E-state index contributed by atoms with van der Waals surface area (Å²) in [6.07, 6.45) is 0.870. The summed E-state index contributed by atoms with van der Waals surface area (Å²) in [5.74, 6) is -0.109. The van der Waals surface area contributed by atoms with Crippen molar-refractivity contribution in [2.24, 2.45) is 5.73 Å². The van der Waals surface area contributed by atoms with Gasteiger partial charge in [0.05, 0.1) is 12.6 Å². The Hall–Kier alpha value is -1.06. The molecule has 0 aromatic heterocycles. The van der Waals surface area contributed by atoms with Crippen molar-refractivity contribution in [2.45, 2.75) is 26.3 Å². The van der Waals surface area contributed by atoms with Crippen LogP contribution in [0, 0.1) is 6.92 Å². The van der Waals surface area contributed by atoms with Gasteiger partial charge in [-0.15, -0.1) is 12.4 Å². The van der Waals surface area contributed by atoms with Gasteiger partial charge >= 0.3 is 0 Å². The summed E-state index contributed by atoms with van der Waals surface area (Å²) in [5, 5.41) is 2.89. The lowest BCUT2D eigenvalue weighted by molar-refractivity contribution is -0.120. The van der Waals surface area contributed by atoms with Crippen molar-refractivity contribution in [3.05, 3.63) is 35.4 Å². The van der Waals surface area contributed by atoms with Crippen molar-refractivity contribution >= 4 is 18.3 Å².